The molecule has 0 spiro atoms. The number of sulfone groups is 1. The fourth-order valence-electron chi connectivity index (χ4n) is 5.42. The second-order valence-electron chi connectivity index (χ2n) is 9.87. The van der Waals surface area contributed by atoms with Crippen molar-refractivity contribution in [2.75, 3.05) is 18.1 Å². The summed E-state index contributed by atoms with van der Waals surface area (Å²) < 4.78 is 79.7. The van der Waals surface area contributed by atoms with Gasteiger partial charge in [0.15, 0.2) is 21.5 Å². The lowest BCUT2D eigenvalue weighted by Crippen LogP contribution is -2.54. The van der Waals surface area contributed by atoms with E-state index in [1.54, 1.807) is 0 Å². The molecule has 1 amide bonds. The number of carbonyl (C=O) groups excluding carboxylic acids is 1. The van der Waals surface area contributed by atoms with Crippen molar-refractivity contribution in [2.45, 2.75) is 48.4 Å². The molecular formula is C24H27ClF2N2O6S2. The molecule has 0 aliphatic heterocycles. The van der Waals surface area contributed by atoms with Crippen LogP contribution in [0.3, 0.4) is 0 Å². The van der Waals surface area contributed by atoms with Crippen molar-refractivity contribution in [2.24, 2.45) is 11.8 Å². The fourth-order valence-corrected chi connectivity index (χ4v) is 8.31. The molecule has 2 aromatic carbocycles. The summed E-state index contributed by atoms with van der Waals surface area (Å²) in [4.78, 5) is 12.6. The van der Waals surface area contributed by atoms with Crippen molar-refractivity contribution in [3.63, 3.8) is 0 Å². The van der Waals surface area contributed by atoms with E-state index in [0.717, 1.165) is 24.5 Å². The van der Waals surface area contributed by atoms with Gasteiger partial charge in [0.1, 0.15) is 0 Å². The van der Waals surface area contributed by atoms with Crippen molar-refractivity contribution in [1.82, 2.24) is 4.72 Å². The average Bonchev–Trinajstić information content (AvgIpc) is 2.97. The van der Waals surface area contributed by atoms with E-state index in [1.165, 1.54) is 19.1 Å². The quantitative estimate of drug-likeness (QED) is 0.463. The Labute approximate surface area is 219 Å². The number of aryl methyl sites for hydroxylation is 1. The Morgan fingerprint density at radius 1 is 1.08 bits per heavy atom. The van der Waals surface area contributed by atoms with Gasteiger partial charge in [-0.3, -0.25) is 4.79 Å². The van der Waals surface area contributed by atoms with Gasteiger partial charge in [0, 0.05) is 23.9 Å². The number of sulfonamides is 1. The maximum atomic E-state index is 13.6. The van der Waals surface area contributed by atoms with Gasteiger partial charge < -0.3 is 10.4 Å². The molecular weight excluding hydrogens is 550 g/mol. The van der Waals surface area contributed by atoms with Gasteiger partial charge in [-0.15, -0.1) is 0 Å². The van der Waals surface area contributed by atoms with E-state index in [4.69, 9.17) is 11.6 Å². The second-order valence-corrected chi connectivity index (χ2v) is 14.3. The first-order chi connectivity index (χ1) is 17.1. The maximum Gasteiger partial charge on any atom is 0.255 e. The highest BCUT2D eigenvalue weighted by molar-refractivity contribution is 7.92. The first-order valence-corrected chi connectivity index (χ1v) is 15.4. The van der Waals surface area contributed by atoms with Gasteiger partial charge in [0.05, 0.1) is 27.0 Å². The molecule has 0 heterocycles. The molecule has 0 radical (unpaired) electrons. The molecule has 0 aromatic heterocycles. The molecule has 1 unspecified atom stereocenters. The van der Waals surface area contributed by atoms with Crippen LogP contribution in [0, 0.1) is 30.4 Å². The number of anilines is 1. The van der Waals surface area contributed by atoms with Crippen molar-refractivity contribution in [3.8, 4) is 0 Å². The standard InChI is InChI=1S/C24H27ClF2N2O6S2/c1-13-7-19(26)20(27)11-21(13)29-23(30)14-3-6-18(25)22(8-14)37(34,35)17-9-15-4-5-16(10-17)24(15,31)12-28-36(2,32)33/h3,6-8,11,15-17,28,31H,4-5,9-10,12H2,1-2H3,(H,29,30)/t15-,16?,17-,24-/m0/s1. The third kappa shape index (κ3) is 5.53. The summed E-state index contributed by atoms with van der Waals surface area (Å²) in [6.07, 6.45) is 2.33. The maximum absolute atomic E-state index is 13.6. The van der Waals surface area contributed by atoms with Gasteiger partial charge in [-0.25, -0.2) is 30.3 Å². The molecule has 2 aromatic rings. The Morgan fingerprint density at radius 2 is 1.68 bits per heavy atom. The molecule has 13 heteroatoms. The smallest absolute Gasteiger partial charge is 0.255 e. The average molecular weight is 577 g/mol. The lowest BCUT2D eigenvalue weighted by atomic mass is 9.74. The molecule has 2 bridgehead atoms. The van der Waals surface area contributed by atoms with Crippen LogP contribution in [0.5, 0.6) is 0 Å². The first kappa shape index (κ1) is 27.9. The van der Waals surface area contributed by atoms with Crippen LogP contribution in [0.2, 0.25) is 5.02 Å². The van der Waals surface area contributed by atoms with Crippen molar-refractivity contribution < 1.29 is 35.5 Å². The van der Waals surface area contributed by atoms with E-state index >= 15 is 0 Å². The minimum atomic E-state index is -4.03. The third-order valence-corrected chi connectivity index (χ3v) is 10.8. The van der Waals surface area contributed by atoms with Crippen LogP contribution in [0.15, 0.2) is 35.2 Å². The summed E-state index contributed by atoms with van der Waals surface area (Å²) in [6, 6.07) is 5.54. The van der Waals surface area contributed by atoms with Crippen LogP contribution >= 0.6 is 11.6 Å². The van der Waals surface area contributed by atoms with Crippen LogP contribution in [0.4, 0.5) is 14.5 Å². The minimum absolute atomic E-state index is 0.0362. The zero-order valence-corrected chi connectivity index (χ0v) is 22.5. The Balaban J connectivity index is 1.57. The highest BCUT2D eigenvalue weighted by atomic mass is 35.5. The van der Waals surface area contributed by atoms with Crippen LogP contribution in [0.1, 0.15) is 41.6 Å². The number of fused-ring (bicyclic) bond motifs is 2. The lowest BCUT2D eigenvalue weighted by Gasteiger charge is -2.42. The number of amides is 1. The predicted molar refractivity (Wildman–Crippen MR) is 135 cm³/mol. The number of rotatable bonds is 7. The minimum Gasteiger partial charge on any atom is -0.388 e. The van der Waals surface area contributed by atoms with E-state index in [9.17, 15) is 35.5 Å². The molecule has 2 saturated carbocycles. The number of hydrogen-bond donors (Lipinski definition) is 3. The van der Waals surface area contributed by atoms with E-state index in [-0.39, 0.29) is 46.1 Å². The molecule has 2 aliphatic rings. The summed E-state index contributed by atoms with van der Waals surface area (Å²) in [6.45, 7) is 1.30. The summed E-state index contributed by atoms with van der Waals surface area (Å²) in [5.74, 6) is -3.79. The third-order valence-electron chi connectivity index (χ3n) is 7.44. The van der Waals surface area contributed by atoms with Gasteiger partial charge in [0.25, 0.3) is 5.91 Å². The van der Waals surface area contributed by atoms with Crippen LogP contribution in [-0.4, -0.2) is 51.5 Å². The lowest BCUT2D eigenvalue weighted by molar-refractivity contribution is -0.0525. The summed E-state index contributed by atoms with van der Waals surface area (Å²) >= 11 is 6.24. The predicted octanol–water partition coefficient (Wildman–Crippen LogP) is 3.42. The van der Waals surface area contributed by atoms with Crippen LogP contribution < -0.4 is 10.0 Å². The number of benzene rings is 2. The van der Waals surface area contributed by atoms with Crippen LogP contribution in [0.25, 0.3) is 0 Å². The van der Waals surface area contributed by atoms with Gasteiger partial charge in [-0.1, -0.05) is 11.6 Å². The van der Waals surface area contributed by atoms with E-state index in [1.807, 2.05) is 0 Å². The molecule has 2 aliphatic carbocycles. The summed E-state index contributed by atoms with van der Waals surface area (Å²) in [5.41, 5.74) is -1.07. The SMILES string of the molecule is Cc1cc(F)c(F)cc1NC(=O)c1ccc(Cl)c(S(=O)(=O)[C@@H]2CC3CC[C@@H](C2)[C@@]3(O)CNS(C)(=O)=O)c1. The molecule has 4 rings (SSSR count). The second kappa shape index (κ2) is 9.88. The largest absolute Gasteiger partial charge is 0.388 e. The Hall–Kier alpha value is -2.12. The molecule has 0 saturated heterocycles. The molecule has 202 valence electrons. The van der Waals surface area contributed by atoms with Gasteiger partial charge in [-0.05, 0) is 74.3 Å². The summed E-state index contributed by atoms with van der Waals surface area (Å²) in [5, 5.41) is 12.7. The molecule has 8 nitrogen and oxygen atoms in total. The molecule has 4 atom stereocenters. The number of hydrogen-bond acceptors (Lipinski definition) is 6. The number of nitrogens with one attached hydrogen (secondary N) is 2. The Bertz CT molecular complexity index is 1450. The van der Waals surface area contributed by atoms with E-state index in [2.05, 4.69) is 10.0 Å². The molecule has 2 fully saturated rings. The number of halogens is 3. The fraction of sp³-hybridized carbons (Fsp3) is 0.458. The topological polar surface area (TPSA) is 130 Å². The van der Waals surface area contributed by atoms with E-state index < -0.39 is 60.1 Å². The monoisotopic (exact) mass is 576 g/mol. The number of aliphatic hydroxyl groups is 1. The molecule has 37 heavy (non-hydrogen) atoms. The van der Waals surface area contributed by atoms with Gasteiger partial charge in [0.2, 0.25) is 10.0 Å². The molecule has 3 N–H and O–H groups in total. The first-order valence-electron chi connectivity index (χ1n) is 11.6. The van der Waals surface area contributed by atoms with Gasteiger partial charge in [-0.2, -0.15) is 0 Å². The highest BCUT2D eigenvalue weighted by Gasteiger charge is 2.55. The van der Waals surface area contributed by atoms with Crippen molar-refractivity contribution in [3.05, 3.63) is 58.1 Å². The van der Waals surface area contributed by atoms with Crippen molar-refractivity contribution >= 4 is 43.1 Å². The van der Waals surface area contributed by atoms with E-state index in [0.29, 0.717) is 12.8 Å². The number of carbonyl (C=O) groups is 1. The zero-order chi connectivity index (χ0) is 27.3. The Kier molecular flexibility index (Phi) is 7.45. The Morgan fingerprint density at radius 3 is 2.27 bits per heavy atom. The van der Waals surface area contributed by atoms with Crippen LogP contribution in [-0.2, 0) is 19.9 Å². The summed E-state index contributed by atoms with van der Waals surface area (Å²) in [7, 11) is -7.57. The highest BCUT2D eigenvalue weighted by Crippen LogP contribution is 2.52. The normalized spacial score (nSPS) is 25.7. The van der Waals surface area contributed by atoms with Crippen molar-refractivity contribution in [1.29, 1.82) is 0 Å². The van der Waals surface area contributed by atoms with Gasteiger partial charge >= 0.3 is 0 Å². The zero-order valence-electron chi connectivity index (χ0n) is 20.1.